The zero-order valence-electron chi connectivity index (χ0n) is 23.8. The van der Waals surface area contributed by atoms with Crippen LogP contribution in [0.3, 0.4) is 0 Å². The van der Waals surface area contributed by atoms with Gasteiger partial charge < -0.3 is 9.64 Å². The molecule has 1 heterocycles. The number of hydrogen-bond acceptors (Lipinski definition) is 5. The summed E-state index contributed by atoms with van der Waals surface area (Å²) in [7, 11) is -3.44. The quantitative estimate of drug-likeness (QED) is 0.137. The van der Waals surface area contributed by atoms with Gasteiger partial charge in [-0.2, -0.15) is 8.42 Å². The molecule has 1 aliphatic rings. The zero-order valence-corrected chi connectivity index (χ0v) is 25.4. The summed E-state index contributed by atoms with van der Waals surface area (Å²) >= 11 is 6.41. The van der Waals surface area contributed by atoms with Gasteiger partial charge in [0.05, 0.1) is 12.9 Å². The molecule has 0 radical (unpaired) electrons. The summed E-state index contributed by atoms with van der Waals surface area (Å²) < 4.78 is 33.1. The molecule has 1 atom stereocenters. The van der Waals surface area contributed by atoms with E-state index in [4.69, 9.17) is 20.5 Å². The Morgan fingerprint density at radius 3 is 2.50 bits per heavy atom. The molecular weight excluding hydrogens is 522 g/mol. The number of piperidine rings is 1. The lowest BCUT2D eigenvalue weighted by atomic mass is 9.82. The predicted octanol–water partition coefficient (Wildman–Crippen LogP) is 7.98. The second-order valence-electron chi connectivity index (χ2n) is 11.2. The summed E-state index contributed by atoms with van der Waals surface area (Å²) in [5, 5.41) is 0.685. The number of benzene rings is 1. The van der Waals surface area contributed by atoms with Gasteiger partial charge in [0.1, 0.15) is 5.60 Å². The van der Waals surface area contributed by atoms with E-state index in [1.165, 1.54) is 5.56 Å². The van der Waals surface area contributed by atoms with Gasteiger partial charge in [-0.1, -0.05) is 42.7 Å². The second-order valence-corrected chi connectivity index (χ2v) is 13.3. The van der Waals surface area contributed by atoms with Gasteiger partial charge in [-0.25, -0.2) is 4.79 Å². The Hall–Kier alpha value is -1.83. The normalized spacial score (nSPS) is 16.4. The van der Waals surface area contributed by atoms with Crippen molar-refractivity contribution in [2.24, 2.45) is 5.92 Å². The number of carbonyl (C=O) groups excluding carboxylic acids is 1. The highest BCUT2D eigenvalue weighted by Crippen LogP contribution is 2.36. The van der Waals surface area contributed by atoms with E-state index < -0.39 is 15.7 Å². The molecule has 0 aliphatic carbocycles. The Morgan fingerprint density at radius 2 is 1.92 bits per heavy atom. The molecular formula is C30H46ClNO5S. The number of ether oxygens (including phenoxy) is 1. The lowest BCUT2D eigenvalue weighted by Crippen LogP contribution is -2.41. The number of rotatable bonds is 13. The van der Waals surface area contributed by atoms with Crippen molar-refractivity contribution in [1.29, 1.82) is 0 Å². The average Bonchev–Trinajstić information content (AvgIpc) is 2.82. The molecule has 1 aliphatic heterocycles. The van der Waals surface area contributed by atoms with Crippen LogP contribution in [0.5, 0.6) is 0 Å². The van der Waals surface area contributed by atoms with E-state index in [9.17, 15) is 13.2 Å². The third kappa shape index (κ3) is 11.5. The van der Waals surface area contributed by atoms with Crippen molar-refractivity contribution in [2.45, 2.75) is 90.6 Å². The summed E-state index contributed by atoms with van der Waals surface area (Å²) in [4.78, 5) is 14.2. The summed E-state index contributed by atoms with van der Waals surface area (Å²) in [6.45, 7) is 13.4. The molecule has 6 nitrogen and oxygen atoms in total. The van der Waals surface area contributed by atoms with E-state index in [2.05, 4.69) is 18.7 Å². The number of hydrogen-bond donors (Lipinski definition) is 0. The van der Waals surface area contributed by atoms with Crippen LogP contribution in [-0.4, -0.2) is 51.0 Å². The van der Waals surface area contributed by atoms with Crippen molar-refractivity contribution in [3.63, 3.8) is 0 Å². The first kappa shape index (κ1) is 32.4. The van der Waals surface area contributed by atoms with E-state index in [1.54, 1.807) is 0 Å². The van der Waals surface area contributed by atoms with Crippen LogP contribution in [0.25, 0.3) is 5.57 Å². The maximum absolute atomic E-state index is 12.4. The van der Waals surface area contributed by atoms with Gasteiger partial charge in [0.15, 0.2) is 0 Å². The van der Waals surface area contributed by atoms with Crippen molar-refractivity contribution in [2.75, 3.05) is 26.0 Å². The Bertz CT molecular complexity index is 1050. The fourth-order valence-corrected chi connectivity index (χ4v) is 5.65. The van der Waals surface area contributed by atoms with Crippen molar-refractivity contribution < 1.29 is 22.1 Å². The number of nitrogens with zero attached hydrogens (tertiary/aromatic N) is 1. The minimum Gasteiger partial charge on any atom is -0.444 e. The largest absolute Gasteiger partial charge is 0.444 e. The van der Waals surface area contributed by atoms with Crippen molar-refractivity contribution >= 4 is 33.4 Å². The van der Waals surface area contributed by atoms with Crippen molar-refractivity contribution in [1.82, 2.24) is 4.90 Å². The molecule has 0 saturated carbocycles. The van der Waals surface area contributed by atoms with E-state index in [-0.39, 0.29) is 12.7 Å². The van der Waals surface area contributed by atoms with Gasteiger partial charge in [-0.3, -0.25) is 4.18 Å². The van der Waals surface area contributed by atoms with Crippen LogP contribution in [0.1, 0.15) is 96.1 Å². The minimum atomic E-state index is -3.44. The summed E-state index contributed by atoms with van der Waals surface area (Å²) in [6, 6.07) is 6.09. The van der Waals surface area contributed by atoms with Crippen LogP contribution in [0.4, 0.5) is 4.79 Å². The summed E-state index contributed by atoms with van der Waals surface area (Å²) in [5.74, 6) is 0.938. The SMILES string of the molecule is C=CCC(CCCC1CCN(C(=O)OC(C)(C)C)CC1)c1ccc(Cl)cc1/C(=C\C)CCCOS(C)(=O)=O. The summed E-state index contributed by atoms with van der Waals surface area (Å²) in [5.41, 5.74) is 3.05. The molecule has 0 N–H and O–H groups in total. The first-order valence-electron chi connectivity index (χ1n) is 13.7. The average molecular weight is 568 g/mol. The zero-order chi connectivity index (χ0) is 28.3. The molecule has 1 amide bonds. The highest BCUT2D eigenvalue weighted by atomic mass is 35.5. The Labute approximate surface area is 235 Å². The Kier molecular flexibility index (Phi) is 12.9. The third-order valence-corrected chi connectivity index (χ3v) is 7.75. The number of amides is 1. The fourth-order valence-electron chi connectivity index (χ4n) is 5.06. The molecule has 214 valence electrons. The molecule has 0 aromatic heterocycles. The van der Waals surface area contributed by atoms with Crippen LogP contribution in [0, 0.1) is 5.92 Å². The number of likely N-dealkylation sites (tertiary alicyclic amines) is 1. The topological polar surface area (TPSA) is 72.9 Å². The molecule has 1 fully saturated rings. The van der Waals surface area contributed by atoms with Crippen LogP contribution < -0.4 is 0 Å². The number of halogens is 1. The smallest absolute Gasteiger partial charge is 0.410 e. The van der Waals surface area contributed by atoms with Crippen molar-refractivity contribution in [3.05, 3.63) is 53.1 Å². The molecule has 0 spiro atoms. The molecule has 38 heavy (non-hydrogen) atoms. The van der Waals surface area contributed by atoms with Gasteiger partial charge in [0.25, 0.3) is 10.1 Å². The molecule has 1 aromatic carbocycles. The van der Waals surface area contributed by atoms with Crippen LogP contribution in [0.15, 0.2) is 36.9 Å². The number of carbonyl (C=O) groups is 1. The van der Waals surface area contributed by atoms with Gasteiger partial charge in [0, 0.05) is 18.1 Å². The van der Waals surface area contributed by atoms with E-state index in [0.717, 1.165) is 69.0 Å². The second kappa shape index (κ2) is 15.1. The molecule has 1 aromatic rings. The minimum absolute atomic E-state index is 0.162. The summed E-state index contributed by atoms with van der Waals surface area (Å²) in [6.07, 6.45) is 12.4. The molecule has 8 heteroatoms. The Balaban J connectivity index is 1.99. The van der Waals surface area contributed by atoms with Crippen LogP contribution >= 0.6 is 11.6 Å². The predicted molar refractivity (Wildman–Crippen MR) is 157 cm³/mol. The highest BCUT2D eigenvalue weighted by Gasteiger charge is 2.27. The van der Waals surface area contributed by atoms with E-state index in [0.29, 0.717) is 29.7 Å². The monoisotopic (exact) mass is 567 g/mol. The fraction of sp³-hybridized carbons (Fsp3) is 0.633. The van der Waals surface area contributed by atoms with Crippen LogP contribution in [0.2, 0.25) is 5.02 Å². The first-order valence-corrected chi connectivity index (χ1v) is 15.9. The third-order valence-electron chi connectivity index (χ3n) is 6.92. The van der Waals surface area contributed by atoms with Crippen molar-refractivity contribution in [3.8, 4) is 0 Å². The molecule has 1 saturated heterocycles. The van der Waals surface area contributed by atoms with Gasteiger partial charge in [0.2, 0.25) is 0 Å². The Morgan fingerprint density at radius 1 is 1.24 bits per heavy atom. The lowest BCUT2D eigenvalue weighted by molar-refractivity contribution is 0.0180. The first-order chi connectivity index (χ1) is 17.8. The van der Waals surface area contributed by atoms with Gasteiger partial charge >= 0.3 is 6.09 Å². The lowest BCUT2D eigenvalue weighted by Gasteiger charge is -2.33. The standard InChI is InChI=1S/C30H46ClNO5S/c1-7-11-25(13-9-12-23-17-19-32(20-18-23)29(33)37-30(3,4)5)27-16-15-26(31)22-28(27)24(8-2)14-10-21-36-38(6,34)35/h7-8,15-16,22-23,25H,1,9-14,17-21H2,2-6H3/b24-8-. The maximum atomic E-state index is 12.4. The van der Waals surface area contributed by atoms with Crippen LogP contribution in [-0.2, 0) is 19.0 Å². The molecule has 0 bridgehead atoms. The van der Waals surface area contributed by atoms with Gasteiger partial charge in [-0.05, 0) is 107 Å². The molecule has 2 rings (SSSR count). The number of allylic oxidation sites excluding steroid dienone is 3. The van der Waals surface area contributed by atoms with E-state index in [1.807, 2.05) is 50.8 Å². The highest BCUT2D eigenvalue weighted by molar-refractivity contribution is 7.85. The van der Waals surface area contributed by atoms with Gasteiger partial charge in [-0.15, -0.1) is 6.58 Å². The molecule has 1 unspecified atom stereocenters. The van der Waals surface area contributed by atoms with E-state index >= 15 is 0 Å². The maximum Gasteiger partial charge on any atom is 0.410 e.